The topological polar surface area (TPSA) is 63.5 Å². The van der Waals surface area contributed by atoms with Gasteiger partial charge in [0.25, 0.3) is 5.91 Å². The predicted molar refractivity (Wildman–Crippen MR) is 107 cm³/mol. The molecule has 0 saturated carbocycles. The van der Waals surface area contributed by atoms with E-state index in [2.05, 4.69) is 15.1 Å². The molecule has 4 rings (SSSR count). The number of aromatic nitrogens is 3. The van der Waals surface area contributed by atoms with Crippen molar-refractivity contribution in [2.45, 2.75) is 13.0 Å². The first-order valence-electron chi connectivity index (χ1n) is 9.43. The average Bonchev–Trinajstić information content (AvgIpc) is 3.29. The maximum Gasteiger partial charge on any atom is 0.263 e. The summed E-state index contributed by atoms with van der Waals surface area (Å²) in [7, 11) is 0. The molecule has 0 unspecified atom stereocenters. The molecule has 1 aromatic carbocycles. The molecule has 0 radical (unpaired) electrons. The molecule has 7 heteroatoms. The highest BCUT2D eigenvalue weighted by Crippen LogP contribution is 2.16. The van der Waals surface area contributed by atoms with Crippen LogP contribution in [0.3, 0.4) is 0 Å². The van der Waals surface area contributed by atoms with Crippen molar-refractivity contribution in [3.05, 3.63) is 67.0 Å². The molecule has 1 amide bonds. The number of carbonyl (C=O) groups excluding carboxylic acids is 1. The third-order valence-corrected chi connectivity index (χ3v) is 4.82. The van der Waals surface area contributed by atoms with Crippen molar-refractivity contribution in [1.82, 2.24) is 19.7 Å². The number of hydrogen-bond acceptors (Lipinski definition) is 5. The first-order valence-corrected chi connectivity index (χ1v) is 9.43. The van der Waals surface area contributed by atoms with Gasteiger partial charge in [-0.3, -0.25) is 4.79 Å². The Balaban J connectivity index is 1.32. The quantitative estimate of drug-likeness (QED) is 0.683. The van der Waals surface area contributed by atoms with Crippen molar-refractivity contribution in [1.29, 1.82) is 0 Å². The van der Waals surface area contributed by atoms with Crippen LogP contribution in [0.4, 0.5) is 5.82 Å². The molecule has 1 saturated heterocycles. The van der Waals surface area contributed by atoms with Crippen LogP contribution in [0.5, 0.6) is 5.75 Å². The van der Waals surface area contributed by atoms with Crippen LogP contribution in [0.25, 0.3) is 5.82 Å². The van der Waals surface area contributed by atoms with Crippen LogP contribution in [0.1, 0.15) is 6.92 Å². The van der Waals surface area contributed by atoms with Crippen molar-refractivity contribution in [2.75, 3.05) is 31.1 Å². The van der Waals surface area contributed by atoms with Crippen molar-refractivity contribution >= 4 is 11.7 Å². The van der Waals surface area contributed by atoms with E-state index in [9.17, 15) is 4.79 Å². The Morgan fingerprint density at radius 2 is 1.54 bits per heavy atom. The molecule has 0 aliphatic carbocycles. The number of carbonyl (C=O) groups is 1. The first kappa shape index (κ1) is 18.0. The molecule has 2 aromatic heterocycles. The van der Waals surface area contributed by atoms with Crippen molar-refractivity contribution in [2.24, 2.45) is 0 Å². The molecule has 1 fully saturated rings. The summed E-state index contributed by atoms with van der Waals surface area (Å²) in [6.07, 6.45) is 3.37. The molecule has 0 bridgehead atoms. The third kappa shape index (κ3) is 3.98. The SMILES string of the molecule is C[C@@H](Oc1ccccc1)C(=O)N1CCN(c2ccc(-n3cccc3)nn2)CC1. The highest BCUT2D eigenvalue weighted by molar-refractivity contribution is 5.81. The Kier molecular flexibility index (Phi) is 5.23. The minimum absolute atomic E-state index is 0.0116. The molecule has 0 spiro atoms. The van der Waals surface area contributed by atoms with Crippen LogP contribution in [-0.2, 0) is 4.79 Å². The van der Waals surface area contributed by atoms with E-state index < -0.39 is 6.10 Å². The fraction of sp³-hybridized carbons (Fsp3) is 0.286. The zero-order chi connectivity index (χ0) is 19.3. The van der Waals surface area contributed by atoms with E-state index in [1.807, 2.05) is 76.5 Å². The molecule has 3 aromatic rings. The Morgan fingerprint density at radius 3 is 2.18 bits per heavy atom. The minimum Gasteiger partial charge on any atom is -0.481 e. The average molecular weight is 377 g/mol. The normalized spacial score (nSPS) is 15.3. The van der Waals surface area contributed by atoms with Gasteiger partial charge in [-0.1, -0.05) is 18.2 Å². The fourth-order valence-corrected chi connectivity index (χ4v) is 3.28. The van der Waals surface area contributed by atoms with Gasteiger partial charge < -0.3 is 19.1 Å². The number of benzene rings is 1. The van der Waals surface area contributed by atoms with Gasteiger partial charge in [-0.15, -0.1) is 10.2 Å². The summed E-state index contributed by atoms with van der Waals surface area (Å²) < 4.78 is 7.68. The van der Waals surface area contributed by atoms with Crippen LogP contribution in [-0.4, -0.2) is 57.9 Å². The number of ether oxygens (including phenoxy) is 1. The monoisotopic (exact) mass is 377 g/mol. The number of piperazine rings is 1. The van der Waals surface area contributed by atoms with Crippen LogP contribution in [0.15, 0.2) is 67.0 Å². The second-order valence-electron chi connectivity index (χ2n) is 6.73. The summed E-state index contributed by atoms with van der Waals surface area (Å²) in [6, 6.07) is 17.3. The highest BCUT2D eigenvalue weighted by Gasteiger charge is 2.26. The lowest BCUT2D eigenvalue weighted by atomic mass is 10.2. The lowest BCUT2D eigenvalue weighted by Crippen LogP contribution is -2.52. The fourth-order valence-electron chi connectivity index (χ4n) is 3.28. The predicted octanol–water partition coefficient (Wildman–Crippen LogP) is 2.38. The summed E-state index contributed by atoms with van der Waals surface area (Å²) in [5.41, 5.74) is 0. The van der Waals surface area contributed by atoms with Crippen LogP contribution >= 0.6 is 0 Å². The van der Waals surface area contributed by atoms with E-state index in [0.29, 0.717) is 18.8 Å². The Hall–Kier alpha value is -3.35. The van der Waals surface area contributed by atoms with Gasteiger partial charge >= 0.3 is 0 Å². The summed E-state index contributed by atoms with van der Waals surface area (Å²) in [5, 5.41) is 8.64. The number of para-hydroxylation sites is 1. The van der Waals surface area contributed by atoms with Crippen molar-refractivity contribution < 1.29 is 9.53 Å². The van der Waals surface area contributed by atoms with Gasteiger partial charge in [0.2, 0.25) is 0 Å². The zero-order valence-corrected chi connectivity index (χ0v) is 15.8. The molecule has 7 nitrogen and oxygen atoms in total. The molecule has 0 N–H and O–H groups in total. The van der Waals surface area contributed by atoms with Gasteiger partial charge in [-0.05, 0) is 43.3 Å². The summed E-state index contributed by atoms with van der Waals surface area (Å²) in [4.78, 5) is 16.7. The first-order chi connectivity index (χ1) is 13.7. The van der Waals surface area contributed by atoms with Crippen LogP contribution < -0.4 is 9.64 Å². The lowest BCUT2D eigenvalue weighted by Gasteiger charge is -2.36. The van der Waals surface area contributed by atoms with E-state index in [1.165, 1.54) is 0 Å². The summed E-state index contributed by atoms with van der Waals surface area (Å²) >= 11 is 0. The summed E-state index contributed by atoms with van der Waals surface area (Å²) in [5.74, 6) is 2.34. The second kappa shape index (κ2) is 8.12. The van der Waals surface area contributed by atoms with Crippen LogP contribution in [0.2, 0.25) is 0 Å². The summed E-state index contributed by atoms with van der Waals surface area (Å²) in [6.45, 7) is 4.53. The van der Waals surface area contributed by atoms with Gasteiger partial charge in [0, 0.05) is 38.6 Å². The molecule has 144 valence electrons. The van der Waals surface area contributed by atoms with Gasteiger partial charge in [0.15, 0.2) is 17.7 Å². The lowest BCUT2D eigenvalue weighted by molar-refractivity contribution is -0.138. The molecule has 1 atom stereocenters. The Morgan fingerprint density at radius 1 is 0.893 bits per heavy atom. The standard InChI is InChI=1S/C21H23N5O2/c1-17(28-18-7-3-2-4-8-18)21(27)26-15-13-25(14-16-26)20-10-9-19(22-23-20)24-11-5-6-12-24/h2-12,17H,13-16H2,1H3/t17-/m1/s1. The van der Waals surface area contributed by atoms with Gasteiger partial charge in [0.1, 0.15) is 5.75 Å². The zero-order valence-electron chi connectivity index (χ0n) is 15.8. The maximum atomic E-state index is 12.7. The highest BCUT2D eigenvalue weighted by atomic mass is 16.5. The molecule has 3 heterocycles. The minimum atomic E-state index is -0.505. The Bertz CT molecular complexity index is 888. The smallest absolute Gasteiger partial charge is 0.263 e. The van der Waals surface area contributed by atoms with Gasteiger partial charge in [-0.25, -0.2) is 0 Å². The third-order valence-electron chi connectivity index (χ3n) is 4.82. The number of amides is 1. The van der Waals surface area contributed by atoms with Gasteiger partial charge in [-0.2, -0.15) is 0 Å². The van der Waals surface area contributed by atoms with E-state index >= 15 is 0 Å². The van der Waals surface area contributed by atoms with E-state index in [0.717, 1.165) is 24.7 Å². The molecule has 28 heavy (non-hydrogen) atoms. The van der Waals surface area contributed by atoms with E-state index in [1.54, 1.807) is 6.92 Å². The number of rotatable bonds is 5. The maximum absolute atomic E-state index is 12.7. The molecular weight excluding hydrogens is 354 g/mol. The number of nitrogens with zero attached hydrogens (tertiary/aromatic N) is 5. The van der Waals surface area contributed by atoms with E-state index in [4.69, 9.17) is 4.74 Å². The number of hydrogen-bond donors (Lipinski definition) is 0. The molecule has 1 aliphatic heterocycles. The van der Waals surface area contributed by atoms with Gasteiger partial charge in [0.05, 0.1) is 0 Å². The second-order valence-corrected chi connectivity index (χ2v) is 6.73. The van der Waals surface area contributed by atoms with Crippen molar-refractivity contribution in [3.8, 4) is 11.6 Å². The molecule has 1 aliphatic rings. The van der Waals surface area contributed by atoms with Crippen LogP contribution in [0, 0.1) is 0 Å². The largest absolute Gasteiger partial charge is 0.481 e. The Labute approximate surface area is 164 Å². The van der Waals surface area contributed by atoms with Crippen molar-refractivity contribution in [3.63, 3.8) is 0 Å². The molecular formula is C21H23N5O2. The number of anilines is 1. The van der Waals surface area contributed by atoms with E-state index in [-0.39, 0.29) is 5.91 Å².